The highest BCUT2D eigenvalue weighted by Crippen LogP contribution is 2.75. The Balaban J connectivity index is 1.69. The zero-order chi connectivity index (χ0) is 35.5. The molecule has 0 amide bonds. The molecule has 0 nitrogen and oxygen atoms in total. The fourth-order valence-electron chi connectivity index (χ4n) is 8.56. The van der Waals surface area contributed by atoms with Crippen molar-refractivity contribution in [3.8, 4) is 0 Å². The molecule has 258 valence electrons. The van der Waals surface area contributed by atoms with E-state index in [0.717, 1.165) is 0 Å². The Kier molecular flexibility index (Phi) is 11.1. The van der Waals surface area contributed by atoms with Crippen LogP contribution in [0.5, 0.6) is 0 Å². The number of benzene rings is 6. The zero-order valence-electron chi connectivity index (χ0n) is 31.1. The van der Waals surface area contributed by atoms with Gasteiger partial charge in [0.25, 0.3) is 0 Å². The first kappa shape index (κ1) is 36.0. The minimum atomic E-state index is -0.833. The summed E-state index contributed by atoms with van der Waals surface area (Å²) < 4.78 is 0. The monoisotopic (exact) mass is 720 g/mol. The Morgan fingerprint density at radius 1 is 0.373 bits per heavy atom. The lowest BCUT2D eigenvalue weighted by atomic mass is 9.98. The summed E-state index contributed by atoms with van der Waals surface area (Å²) in [5.74, 6) is 0. The van der Waals surface area contributed by atoms with Crippen molar-refractivity contribution in [2.24, 2.45) is 0 Å². The van der Waals surface area contributed by atoms with E-state index in [9.17, 15) is 0 Å². The molecular weight excluding hydrogens is 669 g/mol. The summed E-state index contributed by atoms with van der Waals surface area (Å²) in [7, 11) is -2.40. The van der Waals surface area contributed by atoms with E-state index in [1.54, 1.807) is 31.8 Å². The molecule has 0 aromatic heterocycles. The summed E-state index contributed by atoms with van der Waals surface area (Å²) >= 11 is 0. The predicted molar refractivity (Wildman–Crippen MR) is 231 cm³/mol. The van der Waals surface area contributed by atoms with Gasteiger partial charge >= 0.3 is 0 Å². The molecule has 1 aliphatic carbocycles. The van der Waals surface area contributed by atoms with Gasteiger partial charge in [-0.05, 0) is 143 Å². The molecule has 0 radical (unpaired) electrons. The fourth-order valence-corrected chi connectivity index (χ4v) is 21.8. The topological polar surface area (TPSA) is 0 Å². The highest BCUT2D eigenvalue weighted by Gasteiger charge is 2.57. The van der Waals surface area contributed by atoms with E-state index < -0.39 is 23.8 Å². The maximum Gasteiger partial charge on any atom is 0.0340 e. The average Bonchev–Trinajstić information content (AvgIpc) is 3.14. The van der Waals surface area contributed by atoms with Crippen molar-refractivity contribution < 1.29 is 0 Å². The first-order valence-corrected chi connectivity index (χ1v) is 22.7. The lowest BCUT2D eigenvalue weighted by Crippen LogP contribution is -2.51. The van der Waals surface area contributed by atoms with Gasteiger partial charge in [0, 0.05) is 10.6 Å². The maximum atomic E-state index is 2.51. The van der Waals surface area contributed by atoms with Crippen molar-refractivity contribution in [1.29, 1.82) is 0 Å². The fraction of sp³-hybridized carbons (Fsp3) is 0.250. The molecule has 1 saturated carbocycles. The smallest absolute Gasteiger partial charge is 0.0340 e. The van der Waals surface area contributed by atoms with E-state index in [2.05, 4.69) is 187 Å². The van der Waals surface area contributed by atoms with E-state index in [1.165, 1.54) is 59.1 Å². The lowest BCUT2D eigenvalue weighted by molar-refractivity contribution is 0.492. The number of aryl methyl sites for hydroxylation is 6. The van der Waals surface area contributed by atoms with Crippen molar-refractivity contribution in [1.82, 2.24) is 0 Å². The van der Waals surface area contributed by atoms with Crippen LogP contribution in [0.2, 0.25) is 0 Å². The first-order chi connectivity index (χ1) is 24.8. The second-order valence-electron chi connectivity index (χ2n) is 14.4. The molecule has 0 heterocycles. The Bertz CT molecular complexity index is 1900. The van der Waals surface area contributed by atoms with Crippen molar-refractivity contribution >= 4 is 55.6 Å². The van der Waals surface area contributed by atoms with Gasteiger partial charge in [-0.2, -0.15) is 0 Å². The average molecular weight is 721 g/mol. The lowest BCUT2D eigenvalue weighted by Gasteiger charge is -2.57. The largest absolute Gasteiger partial charge is 0.0620 e. The minimum Gasteiger partial charge on any atom is -0.0620 e. The van der Waals surface area contributed by atoms with Gasteiger partial charge in [-0.1, -0.05) is 158 Å². The summed E-state index contributed by atoms with van der Waals surface area (Å²) in [6.07, 6.45) is 4.99. The summed E-state index contributed by atoms with van der Waals surface area (Å²) in [6, 6.07) is 56.6. The molecule has 0 spiro atoms. The van der Waals surface area contributed by atoms with Crippen LogP contribution in [0, 0.1) is 41.5 Å². The van der Waals surface area contributed by atoms with Gasteiger partial charge in [-0.15, -0.1) is 0 Å². The molecule has 1 atom stereocenters. The van der Waals surface area contributed by atoms with Gasteiger partial charge in [-0.25, -0.2) is 0 Å². The Hall–Kier alpha value is -3.39. The van der Waals surface area contributed by atoms with Crippen LogP contribution < -0.4 is 31.8 Å². The molecule has 0 aliphatic heterocycles. The second kappa shape index (κ2) is 15.7. The maximum absolute atomic E-state index is 2.51. The SMILES string of the molecule is Cc1ccccc1P(c1ccccc1C)C1CCCCC1(P(c1ccccc1C)c1ccccc1C)P(c1ccccc1C)c1ccccc1C. The molecule has 1 aliphatic rings. The van der Waals surface area contributed by atoms with Crippen LogP contribution >= 0.6 is 23.8 Å². The number of rotatable bonds is 9. The molecular formula is C48H51P3. The Labute approximate surface area is 311 Å². The van der Waals surface area contributed by atoms with Crippen LogP contribution in [0.3, 0.4) is 0 Å². The van der Waals surface area contributed by atoms with E-state index in [1.807, 2.05) is 0 Å². The first-order valence-electron chi connectivity index (χ1n) is 18.6. The van der Waals surface area contributed by atoms with E-state index in [0.29, 0.717) is 5.66 Å². The van der Waals surface area contributed by atoms with E-state index >= 15 is 0 Å². The van der Waals surface area contributed by atoms with Crippen molar-refractivity contribution in [3.63, 3.8) is 0 Å². The molecule has 7 rings (SSSR count). The quantitative estimate of drug-likeness (QED) is 0.131. The van der Waals surface area contributed by atoms with Gasteiger partial charge in [0.2, 0.25) is 0 Å². The molecule has 6 aromatic rings. The minimum absolute atomic E-state index is 0.0182. The summed E-state index contributed by atoms with van der Waals surface area (Å²) in [4.78, 5) is -0.0182. The summed E-state index contributed by atoms with van der Waals surface area (Å²) in [5, 5.41) is 9.38. The number of hydrogen-bond acceptors (Lipinski definition) is 0. The molecule has 1 unspecified atom stereocenters. The van der Waals surface area contributed by atoms with Gasteiger partial charge in [0.15, 0.2) is 0 Å². The zero-order valence-corrected chi connectivity index (χ0v) is 33.8. The van der Waals surface area contributed by atoms with Gasteiger partial charge in [-0.3, -0.25) is 0 Å². The van der Waals surface area contributed by atoms with Crippen LogP contribution in [0.1, 0.15) is 59.1 Å². The van der Waals surface area contributed by atoms with E-state index in [-0.39, 0.29) is 4.90 Å². The molecule has 0 bridgehead atoms. The molecule has 3 heteroatoms. The summed E-state index contributed by atoms with van der Waals surface area (Å²) in [5.41, 5.74) is 9.04. The van der Waals surface area contributed by atoms with E-state index in [4.69, 9.17) is 0 Å². The normalized spacial score (nSPS) is 15.8. The highest BCUT2D eigenvalue weighted by atomic mass is 31.2. The Morgan fingerprint density at radius 3 is 0.941 bits per heavy atom. The number of hydrogen-bond donors (Lipinski definition) is 0. The van der Waals surface area contributed by atoms with Crippen LogP contribution in [0.15, 0.2) is 146 Å². The van der Waals surface area contributed by atoms with Crippen LogP contribution in [0.25, 0.3) is 0 Å². The van der Waals surface area contributed by atoms with Crippen LogP contribution in [0.4, 0.5) is 0 Å². The molecule has 0 saturated heterocycles. The van der Waals surface area contributed by atoms with Crippen molar-refractivity contribution in [3.05, 3.63) is 179 Å². The molecule has 6 aromatic carbocycles. The van der Waals surface area contributed by atoms with Gasteiger partial charge in [0.1, 0.15) is 0 Å². The third-order valence-electron chi connectivity index (χ3n) is 11.1. The molecule has 0 N–H and O–H groups in total. The van der Waals surface area contributed by atoms with Gasteiger partial charge in [0.05, 0.1) is 0 Å². The van der Waals surface area contributed by atoms with Crippen LogP contribution in [-0.4, -0.2) is 10.6 Å². The third-order valence-corrected chi connectivity index (χ3v) is 22.6. The molecule has 51 heavy (non-hydrogen) atoms. The third kappa shape index (κ3) is 6.82. The summed E-state index contributed by atoms with van der Waals surface area (Å²) in [6.45, 7) is 14.2. The Morgan fingerprint density at radius 2 is 0.647 bits per heavy atom. The standard InChI is InChI=1S/C48H51P3/c1-35-21-7-13-27-41(35)49(42-28-14-8-22-36(42)2)47-33-19-20-34-48(47,50(43-29-15-9-23-37(43)3)44-30-16-10-24-38(44)4)51(45-31-17-11-25-39(45)5)46-32-18-12-26-40(46)6/h7-18,21-32,47H,19-20,33-34H2,1-6H3. The van der Waals surface area contributed by atoms with Crippen molar-refractivity contribution in [2.75, 3.05) is 0 Å². The second-order valence-corrected chi connectivity index (χ2v) is 21.9. The predicted octanol–water partition coefficient (Wildman–Crippen LogP) is 10.9. The molecule has 1 fully saturated rings. The highest BCUT2D eigenvalue weighted by molar-refractivity contribution is 7.92. The van der Waals surface area contributed by atoms with Gasteiger partial charge < -0.3 is 0 Å². The van der Waals surface area contributed by atoms with Crippen LogP contribution in [-0.2, 0) is 0 Å². The van der Waals surface area contributed by atoms with Crippen molar-refractivity contribution in [2.45, 2.75) is 77.8 Å².